The van der Waals surface area contributed by atoms with E-state index in [0.717, 1.165) is 5.56 Å². The van der Waals surface area contributed by atoms with Gasteiger partial charge in [-0.25, -0.2) is 0 Å². The van der Waals surface area contributed by atoms with Crippen LogP contribution >= 0.6 is 0 Å². The van der Waals surface area contributed by atoms with Crippen LogP contribution in [-0.2, 0) is 19.0 Å². The molecule has 2 aliphatic heterocycles. The highest BCUT2D eigenvalue weighted by Gasteiger charge is 2.56. The molecule has 20 heavy (non-hydrogen) atoms. The van der Waals surface area contributed by atoms with Gasteiger partial charge in [-0.15, -0.1) is 0 Å². The molecule has 2 saturated heterocycles. The predicted molar refractivity (Wildman–Crippen MR) is 70.2 cm³/mol. The second kappa shape index (κ2) is 5.16. The minimum Gasteiger partial charge on any atom is -0.456 e. The summed E-state index contributed by atoms with van der Waals surface area (Å²) in [6.45, 7) is 1.78. The van der Waals surface area contributed by atoms with Gasteiger partial charge < -0.3 is 19.3 Å². The first kappa shape index (κ1) is 13.5. The van der Waals surface area contributed by atoms with Crippen molar-refractivity contribution in [2.24, 2.45) is 0 Å². The van der Waals surface area contributed by atoms with E-state index in [1.165, 1.54) is 7.11 Å². The van der Waals surface area contributed by atoms with Crippen LogP contribution in [0.4, 0.5) is 0 Å². The summed E-state index contributed by atoms with van der Waals surface area (Å²) in [6.07, 6.45) is -2.75. The average Bonchev–Trinajstić information content (AvgIpc) is 2.77. The third-order valence-electron chi connectivity index (χ3n) is 4.10. The Morgan fingerprint density at radius 2 is 1.90 bits per heavy atom. The molecule has 1 aromatic carbocycles. The number of aliphatic hydroxyl groups is 1. The zero-order chi connectivity index (χ0) is 14.3. The molecule has 0 bridgehead atoms. The van der Waals surface area contributed by atoms with Crippen molar-refractivity contribution in [2.45, 2.75) is 43.4 Å². The second-order valence-corrected chi connectivity index (χ2v) is 5.29. The van der Waals surface area contributed by atoms with Gasteiger partial charge in [0, 0.05) is 7.11 Å². The van der Waals surface area contributed by atoms with Gasteiger partial charge in [-0.3, -0.25) is 4.79 Å². The van der Waals surface area contributed by atoms with Crippen LogP contribution in [0.5, 0.6) is 0 Å². The summed E-state index contributed by atoms with van der Waals surface area (Å²) in [7, 11) is 1.51. The van der Waals surface area contributed by atoms with E-state index < -0.39 is 36.4 Å². The third kappa shape index (κ3) is 2.02. The van der Waals surface area contributed by atoms with Crippen molar-refractivity contribution in [3.63, 3.8) is 0 Å². The number of ether oxygens (including phenoxy) is 3. The van der Waals surface area contributed by atoms with E-state index in [4.69, 9.17) is 14.2 Å². The standard InChI is InChI=1S/C15H18O5/c1-8-11(16)13(18-2)14-12(19-8)10(15(17)20-14)9-6-4-3-5-7-9/h3-8,10-14,16H,1-2H3/t8-,10-,11-,12-,13-,14-/m1/s1. The van der Waals surface area contributed by atoms with Crippen LogP contribution in [0, 0.1) is 0 Å². The number of benzene rings is 1. The Labute approximate surface area is 117 Å². The fraction of sp³-hybridized carbons (Fsp3) is 0.533. The van der Waals surface area contributed by atoms with Crippen molar-refractivity contribution in [3.05, 3.63) is 35.9 Å². The Bertz CT molecular complexity index is 488. The van der Waals surface area contributed by atoms with Gasteiger partial charge in [-0.05, 0) is 12.5 Å². The molecular weight excluding hydrogens is 260 g/mol. The number of hydrogen-bond donors (Lipinski definition) is 1. The number of esters is 1. The molecule has 2 fully saturated rings. The van der Waals surface area contributed by atoms with Crippen LogP contribution in [-0.4, -0.2) is 48.7 Å². The summed E-state index contributed by atoms with van der Waals surface area (Å²) in [6, 6.07) is 9.42. The highest BCUT2D eigenvalue weighted by molar-refractivity contribution is 5.81. The molecule has 0 amide bonds. The van der Waals surface area contributed by atoms with E-state index in [0.29, 0.717) is 0 Å². The number of aliphatic hydroxyl groups excluding tert-OH is 1. The number of rotatable bonds is 2. The minimum atomic E-state index is -0.802. The van der Waals surface area contributed by atoms with Crippen molar-refractivity contribution in [1.82, 2.24) is 0 Å². The molecule has 0 saturated carbocycles. The SMILES string of the molecule is CO[C@@H]1[C@H](O)[C@@H](C)O[C@H]2[C@H]1OC(=O)[C@@H]2c1ccccc1. The predicted octanol–water partition coefficient (Wildman–Crippen LogP) is 0.859. The lowest BCUT2D eigenvalue weighted by molar-refractivity contribution is -0.212. The Morgan fingerprint density at radius 3 is 2.55 bits per heavy atom. The molecule has 5 heteroatoms. The zero-order valence-electron chi connectivity index (χ0n) is 11.4. The van der Waals surface area contributed by atoms with Crippen LogP contribution in [0.2, 0.25) is 0 Å². The molecule has 0 radical (unpaired) electrons. The maximum atomic E-state index is 12.2. The van der Waals surface area contributed by atoms with Crippen molar-refractivity contribution in [2.75, 3.05) is 7.11 Å². The van der Waals surface area contributed by atoms with Gasteiger partial charge in [0.2, 0.25) is 0 Å². The normalized spacial score (nSPS) is 40.2. The maximum absolute atomic E-state index is 12.2. The fourth-order valence-electron chi connectivity index (χ4n) is 3.06. The van der Waals surface area contributed by atoms with Gasteiger partial charge in [0.25, 0.3) is 0 Å². The van der Waals surface area contributed by atoms with E-state index in [2.05, 4.69) is 0 Å². The highest BCUT2D eigenvalue weighted by Crippen LogP contribution is 2.40. The van der Waals surface area contributed by atoms with E-state index in [1.807, 2.05) is 30.3 Å². The van der Waals surface area contributed by atoms with Gasteiger partial charge >= 0.3 is 5.97 Å². The van der Waals surface area contributed by atoms with Crippen LogP contribution in [0.3, 0.4) is 0 Å². The lowest BCUT2D eigenvalue weighted by atomic mass is 9.87. The summed E-state index contributed by atoms with van der Waals surface area (Å²) >= 11 is 0. The van der Waals surface area contributed by atoms with Crippen molar-refractivity contribution in [1.29, 1.82) is 0 Å². The average molecular weight is 278 g/mol. The molecule has 5 nitrogen and oxygen atoms in total. The van der Waals surface area contributed by atoms with Crippen molar-refractivity contribution in [3.8, 4) is 0 Å². The minimum absolute atomic E-state index is 0.324. The van der Waals surface area contributed by atoms with Gasteiger partial charge in [-0.1, -0.05) is 30.3 Å². The third-order valence-corrected chi connectivity index (χ3v) is 4.10. The van der Waals surface area contributed by atoms with Gasteiger partial charge in [0.05, 0.1) is 6.10 Å². The topological polar surface area (TPSA) is 65.0 Å². The highest BCUT2D eigenvalue weighted by atomic mass is 16.6. The molecule has 0 spiro atoms. The summed E-state index contributed by atoms with van der Waals surface area (Å²) in [5, 5.41) is 10.1. The number of carbonyl (C=O) groups is 1. The first-order chi connectivity index (χ1) is 9.63. The van der Waals surface area contributed by atoms with E-state index in [-0.39, 0.29) is 5.97 Å². The van der Waals surface area contributed by atoms with Gasteiger partial charge in [0.1, 0.15) is 24.2 Å². The first-order valence-electron chi connectivity index (χ1n) is 6.75. The molecule has 0 aliphatic carbocycles. The summed E-state index contributed by atoms with van der Waals surface area (Å²) in [5.74, 6) is -0.789. The molecule has 3 rings (SSSR count). The molecule has 2 heterocycles. The lowest BCUT2D eigenvalue weighted by Crippen LogP contribution is -2.56. The molecule has 6 atom stereocenters. The Morgan fingerprint density at radius 1 is 1.20 bits per heavy atom. The molecule has 1 N–H and O–H groups in total. The number of hydrogen-bond acceptors (Lipinski definition) is 5. The van der Waals surface area contributed by atoms with Crippen LogP contribution in [0.25, 0.3) is 0 Å². The lowest BCUT2D eigenvalue weighted by Gasteiger charge is -2.39. The van der Waals surface area contributed by atoms with Crippen LogP contribution in [0.15, 0.2) is 30.3 Å². The monoisotopic (exact) mass is 278 g/mol. The number of methoxy groups -OCH3 is 1. The van der Waals surface area contributed by atoms with Crippen molar-refractivity contribution >= 4 is 5.97 Å². The largest absolute Gasteiger partial charge is 0.456 e. The molecule has 108 valence electrons. The maximum Gasteiger partial charge on any atom is 0.316 e. The van der Waals surface area contributed by atoms with Crippen LogP contribution < -0.4 is 0 Å². The number of carbonyl (C=O) groups excluding carboxylic acids is 1. The van der Waals surface area contributed by atoms with E-state index >= 15 is 0 Å². The summed E-state index contributed by atoms with van der Waals surface area (Å²) in [4.78, 5) is 12.2. The quantitative estimate of drug-likeness (QED) is 0.813. The Hall–Kier alpha value is -1.43. The van der Waals surface area contributed by atoms with Crippen LogP contribution in [0.1, 0.15) is 18.4 Å². The fourth-order valence-corrected chi connectivity index (χ4v) is 3.06. The van der Waals surface area contributed by atoms with E-state index in [1.54, 1.807) is 6.92 Å². The second-order valence-electron chi connectivity index (χ2n) is 5.29. The molecule has 1 aromatic rings. The smallest absolute Gasteiger partial charge is 0.316 e. The van der Waals surface area contributed by atoms with Gasteiger partial charge in [0.15, 0.2) is 6.10 Å². The molecule has 0 unspecified atom stereocenters. The summed E-state index contributed by atoms with van der Waals surface area (Å²) < 4.78 is 16.5. The summed E-state index contributed by atoms with van der Waals surface area (Å²) in [5.41, 5.74) is 0.864. The first-order valence-corrected chi connectivity index (χ1v) is 6.75. The number of fused-ring (bicyclic) bond motifs is 1. The molecule has 2 aliphatic rings. The van der Waals surface area contributed by atoms with E-state index in [9.17, 15) is 9.90 Å². The molecular formula is C15H18O5. The Balaban J connectivity index is 1.93. The molecule has 0 aromatic heterocycles. The van der Waals surface area contributed by atoms with Crippen molar-refractivity contribution < 1.29 is 24.1 Å². The van der Waals surface area contributed by atoms with Gasteiger partial charge in [-0.2, -0.15) is 0 Å². The Kier molecular flexibility index (Phi) is 3.50. The zero-order valence-corrected chi connectivity index (χ0v) is 11.4.